The maximum atomic E-state index is 10.0. The standard InChI is InChI=1S/C17H20N2OS/c1-2-12-19(15-10-6-7-11-16(15)20)17(21)18-13-14-8-4-3-5-9-14/h3-11,20H,2,12-13H2,1H3,(H,18,21). The maximum Gasteiger partial charge on any atom is 0.173 e. The van der Waals surface area contributed by atoms with Crippen LogP contribution in [0.4, 0.5) is 5.69 Å². The van der Waals surface area contributed by atoms with E-state index in [1.807, 2.05) is 41.3 Å². The first-order valence-electron chi connectivity index (χ1n) is 7.09. The second-order valence-corrected chi connectivity index (χ2v) is 5.17. The third-order valence-electron chi connectivity index (χ3n) is 3.15. The van der Waals surface area contributed by atoms with E-state index in [2.05, 4.69) is 24.4 Å². The predicted octanol–water partition coefficient (Wildman–Crippen LogP) is 3.68. The van der Waals surface area contributed by atoms with E-state index >= 15 is 0 Å². The number of benzene rings is 2. The largest absolute Gasteiger partial charge is 0.506 e. The number of hydrogen-bond donors (Lipinski definition) is 2. The molecular weight excluding hydrogens is 280 g/mol. The van der Waals surface area contributed by atoms with Gasteiger partial charge in [-0.25, -0.2) is 0 Å². The van der Waals surface area contributed by atoms with Crippen LogP contribution in [0.5, 0.6) is 5.75 Å². The van der Waals surface area contributed by atoms with Crippen molar-refractivity contribution < 1.29 is 5.11 Å². The number of nitrogens with one attached hydrogen (secondary N) is 1. The van der Waals surface area contributed by atoms with Crippen molar-refractivity contribution in [1.29, 1.82) is 0 Å². The fraction of sp³-hybridized carbons (Fsp3) is 0.235. The highest BCUT2D eigenvalue weighted by molar-refractivity contribution is 7.80. The molecule has 0 saturated heterocycles. The minimum Gasteiger partial charge on any atom is -0.506 e. The van der Waals surface area contributed by atoms with Gasteiger partial charge in [-0.1, -0.05) is 49.4 Å². The Morgan fingerprint density at radius 1 is 1.10 bits per heavy atom. The quantitative estimate of drug-likeness (QED) is 0.826. The molecule has 0 heterocycles. The molecule has 21 heavy (non-hydrogen) atoms. The van der Waals surface area contributed by atoms with Crippen LogP contribution in [0.1, 0.15) is 18.9 Å². The van der Waals surface area contributed by atoms with Gasteiger partial charge >= 0.3 is 0 Å². The summed E-state index contributed by atoms with van der Waals surface area (Å²) in [5.41, 5.74) is 1.92. The van der Waals surface area contributed by atoms with Crippen molar-refractivity contribution in [3.8, 4) is 5.75 Å². The van der Waals surface area contributed by atoms with Gasteiger partial charge in [-0.3, -0.25) is 0 Å². The van der Waals surface area contributed by atoms with Crippen molar-refractivity contribution in [3.63, 3.8) is 0 Å². The summed E-state index contributed by atoms with van der Waals surface area (Å²) in [5.74, 6) is 0.245. The zero-order chi connectivity index (χ0) is 15.1. The van der Waals surface area contributed by atoms with Crippen LogP contribution in [0, 0.1) is 0 Å². The number of phenols is 1. The highest BCUT2D eigenvalue weighted by Gasteiger charge is 2.14. The van der Waals surface area contributed by atoms with Crippen molar-refractivity contribution in [3.05, 3.63) is 60.2 Å². The van der Waals surface area contributed by atoms with Crippen molar-refractivity contribution >= 4 is 23.0 Å². The average molecular weight is 300 g/mol. The van der Waals surface area contributed by atoms with Crippen molar-refractivity contribution in [2.24, 2.45) is 0 Å². The van der Waals surface area contributed by atoms with Crippen LogP contribution in [0.15, 0.2) is 54.6 Å². The first kappa shape index (κ1) is 15.3. The van der Waals surface area contributed by atoms with Gasteiger partial charge in [0.25, 0.3) is 0 Å². The number of rotatable bonds is 5. The highest BCUT2D eigenvalue weighted by atomic mass is 32.1. The lowest BCUT2D eigenvalue weighted by atomic mass is 10.2. The molecule has 0 unspecified atom stereocenters. The molecule has 2 aromatic carbocycles. The lowest BCUT2D eigenvalue weighted by molar-refractivity contribution is 0.475. The fourth-order valence-electron chi connectivity index (χ4n) is 2.12. The van der Waals surface area contributed by atoms with E-state index in [0.717, 1.165) is 18.7 Å². The molecule has 2 rings (SSSR count). The van der Waals surface area contributed by atoms with Crippen molar-refractivity contribution in [2.45, 2.75) is 19.9 Å². The van der Waals surface area contributed by atoms with Crippen LogP contribution < -0.4 is 10.2 Å². The molecule has 0 aliphatic rings. The molecule has 110 valence electrons. The predicted molar refractivity (Wildman–Crippen MR) is 91.6 cm³/mol. The van der Waals surface area contributed by atoms with E-state index in [1.54, 1.807) is 6.07 Å². The molecule has 0 aliphatic carbocycles. The maximum absolute atomic E-state index is 10.0. The molecule has 2 aromatic rings. The van der Waals surface area contributed by atoms with Gasteiger partial charge in [-0.2, -0.15) is 0 Å². The van der Waals surface area contributed by atoms with Crippen LogP contribution in [-0.2, 0) is 6.54 Å². The van der Waals surface area contributed by atoms with E-state index in [4.69, 9.17) is 12.2 Å². The number of nitrogens with zero attached hydrogens (tertiary/aromatic N) is 1. The number of para-hydroxylation sites is 2. The Hall–Kier alpha value is -2.07. The van der Waals surface area contributed by atoms with Crippen LogP contribution in [0.2, 0.25) is 0 Å². The lowest BCUT2D eigenvalue weighted by Gasteiger charge is -2.26. The van der Waals surface area contributed by atoms with Crippen molar-refractivity contribution in [1.82, 2.24) is 5.32 Å². The summed E-state index contributed by atoms with van der Waals surface area (Å²) >= 11 is 5.49. The molecule has 3 nitrogen and oxygen atoms in total. The molecule has 2 N–H and O–H groups in total. The van der Waals surface area contributed by atoms with Gasteiger partial charge in [0, 0.05) is 13.1 Å². The van der Waals surface area contributed by atoms with Gasteiger partial charge in [-0.05, 0) is 36.3 Å². The molecule has 0 saturated carbocycles. The molecular formula is C17H20N2OS. The van der Waals surface area contributed by atoms with Crippen molar-refractivity contribution in [2.75, 3.05) is 11.4 Å². The Kier molecular flexibility index (Phi) is 5.58. The Morgan fingerprint density at radius 2 is 1.76 bits per heavy atom. The molecule has 0 bridgehead atoms. The summed E-state index contributed by atoms with van der Waals surface area (Å²) in [7, 11) is 0. The smallest absolute Gasteiger partial charge is 0.173 e. The van der Waals surface area contributed by atoms with Gasteiger partial charge in [0.15, 0.2) is 5.11 Å². The van der Waals surface area contributed by atoms with E-state index in [1.165, 1.54) is 5.56 Å². The third-order valence-corrected chi connectivity index (χ3v) is 3.52. The van der Waals surface area contributed by atoms with E-state index in [-0.39, 0.29) is 5.75 Å². The van der Waals surface area contributed by atoms with E-state index < -0.39 is 0 Å². The molecule has 0 fully saturated rings. The summed E-state index contributed by atoms with van der Waals surface area (Å²) in [6, 6.07) is 17.4. The lowest BCUT2D eigenvalue weighted by Crippen LogP contribution is -2.40. The summed E-state index contributed by atoms with van der Waals surface area (Å²) in [4.78, 5) is 1.94. The minimum absolute atomic E-state index is 0.245. The van der Waals surface area contributed by atoms with Crippen LogP contribution in [0.3, 0.4) is 0 Å². The van der Waals surface area contributed by atoms with Crippen LogP contribution >= 0.6 is 12.2 Å². The molecule has 0 radical (unpaired) electrons. The van der Waals surface area contributed by atoms with Gasteiger partial charge in [-0.15, -0.1) is 0 Å². The zero-order valence-electron chi connectivity index (χ0n) is 12.1. The van der Waals surface area contributed by atoms with Gasteiger partial charge < -0.3 is 15.3 Å². The Balaban J connectivity index is 2.08. The van der Waals surface area contributed by atoms with Gasteiger partial charge in [0.2, 0.25) is 0 Å². The number of anilines is 1. The monoisotopic (exact) mass is 300 g/mol. The molecule has 0 aliphatic heterocycles. The second-order valence-electron chi connectivity index (χ2n) is 4.78. The number of hydrogen-bond acceptors (Lipinski definition) is 2. The first-order valence-corrected chi connectivity index (χ1v) is 7.50. The minimum atomic E-state index is 0.245. The van der Waals surface area contributed by atoms with E-state index in [0.29, 0.717) is 11.7 Å². The van der Waals surface area contributed by atoms with Crippen LogP contribution in [-0.4, -0.2) is 16.8 Å². The van der Waals surface area contributed by atoms with Gasteiger partial charge in [0.05, 0.1) is 5.69 Å². The molecule has 0 amide bonds. The summed E-state index contributed by atoms with van der Waals surface area (Å²) in [5, 5.41) is 13.9. The fourth-order valence-corrected chi connectivity index (χ4v) is 2.38. The summed E-state index contributed by atoms with van der Waals surface area (Å²) in [6.45, 7) is 3.53. The Labute approximate surface area is 131 Å². The molecule has 0 spiro atoms. The average Bonchev–Trinajstić information content (AvgIpc) is 2.52. The highest BCUT2D eigenvalue weighted by Crippen LogP contribution is 2.26. The Morgan fingerprint density at radius 3 is 2.43 bits per heavy atom. The third kappa shape index (κ3) is 4.20. The number of phenolic OH excluding ortho intramolecular Hbond substituents is 1. The van der Waals surface area contributed by atoms with E-state index in [9.17, 15) is 5.11 Å². The second kappa shape index (κ2) is 7.64. The summed E-state index contributed by atoms with van der Waals surface area (Å²) < 4.78 is 0. The molecule has 0 atom stereocenters. The SMILES string of the molecule is CCCN(C(=S)NCc1ccccc1)c1ccccc1O. The molecule has 0 aromatic heterocycles. The number of aromatic hydroxyl groups is 1. The zero-order valence-corrected chi connectivity index (χ0v) is 12.9. The first-order chi connectivity index (χ1) is 10.2. The Bertz CT molecular complexity index is 586. The van der Waals surface area contributed by atoms with Crippen LogP contribution in [0.25, 0.3) is 0 Å². The topological polar surface area (TPSA) is 35.5 Å². The number of thiocarbonyl (C=S) groups is 1. The summed E-state index contributed by atoms with van der Waals surface area (Å²) in [6.07, 6.45) is 0.946. The normalized spacial score (nSPS) is 10.1. The molecule has 4 heteroatoms. The van der Waals surface area contributed by atoms with Gasteiger partial charge in [0.1, 0.15) is 5.75 Å².